The van der Waals surface area contributed by atoms with Crippen molar-refractivity contribution in [2.75, 3.05) is 37.4 Å². The second-order valence-electron chi connectivity index (χ2n) is 12.5. The predicted octanol–water partition coefficient (Wildman–Crippen LogP) is 5.79. The first kappa shape index (κ1) is 29.1. The quantitative estimate of drug-likeness (QED) is 0.224. The van der Waals surface area contributed by atoms with Gasteiger partial charge >= 0.3 is 6.01 Å². The van der Waals surface area contributed by atoms with Crippen molar-refractivity contribution in [1.29, 1.82) is 0 Å². The van der Waals surface area contributed by atoms with Crippen LogP contribution in [0.2, 0.25) is 5.02 Å². The second-order valence-corrected chi connectivity index (χ2v) is 12.9. The van der Waals surface area contributed by atoms with Gasteiger partial charge < -0.3 is 20.1 Å². The van der Waals surface area contributed by atoms with E-state index >= 15 is 4.39 Å². The van der Waals surface area contributed by atoms with Crippen LogP contribution in [0, 0.1) is 11.6 Å². The van der Waals surface area contributed by atoms with Crippen molar-refractivity contribution in [3.05, 3.63) is 52.3 Å². The fraction of sp³-hybridized carbons (Fsp3) is 0.406. The zero-order chi connectivity index (χ0) is 31.9. The summed E-state index contributed by atoms with van der Waals surface area (Å²) in [5.41, 5.74) is 8.83. The molecule has 0 radical (unpaired) electrons. The molecule has 2 aliphatic heterocycles. The number of hydrogen-bond acceptors (Lipinski definition) is 10. The molecule has 11 nitrogen and oxygen atoms in total. The SMILES string of the molecule is C[C@H](c1cc(F)cnc1N)N1c2nc(OC[C@@H]3CCN3C)nc3c(F)c(-c4c(C5CC5)c(Cl)cc5[nH]ncc45)nc(c23)OC[C@@H]1C. The minimum atomic E-state index is -0.655. The number of H-pyrrole nitrogens is 1. The summed E-state index contributed by atoms with van der Waals surface area (Å²) in [6.07, 6.45) is 5.59. The minimum Gasteiger partial charge on any atom is -0.475 e. The van der Waals surface area contributed by atoms with Gasteiger partial charge in [0.2, 0.25) is 5.88 Å². The average Bonchev–Trinajstić information content (AvgIpc) is 3.79. The number of hydrogen-bond donors (Lipinski definition) is 2. The highest BCUT2D eigenvalue weighted by Gasteiger charge is 2.37. The number of ether oxygens (including phenoxy) is 2. The first-order chi connectivity index (χ1) is 22.2. The molecule has 2 fully saturated rings. The van der Waals surface area contributed by atoms with Crippen LogP contribution in [0.3, 0.4) is 0 Å². The number of pyridine rings is 2. The van der Waals surface area contributed by atoms with E-state index in [4.69, 9.17) is 36.8 Å². The number of nitrogens with two attached hydrogens (primary N) is 1. The van der Waals surface area contributed by atoms with E-state index in [-0.39, 0.29) is 58.9 Å². The summed E-state index contributed by atoms with van der Waals surface area (Å²) in [5.74, 6) is -0.293. The number of nitrogen functional groups attached to an aromatic ring is 1. The van der Waals surface area contributed by atoms with Crippen molar-refractivity contribution >= 4 is 45.0 Å². The Bertz CT molecular complexity index is 2020. The fourth-order valence-corrected chi connectivity index (χ4v) is 7.04. The molecule has 0 bridgehead atoms. The molecular formula is C32H32ClF2N9O2. The van der Waals surface area contributed by atoms with Gasteiger partial charge in [0, 0.05) is 27.6 Å². The van der Waals surface area contributed by atoms with E-state index < -0.39 is 17.7 Å². The van der Waals surface area contributed by atoms with Crippen molar-refractivity contribution in [1.82, 2.24) is 35.0 Å². The molecule has 14 heteroatoms. The fourth-order valence-electron chi connectivity index (χ4n) is 6.68. The van der Waals surface area contributed by atoms with Gasteiger partial charge in [0.15, 0.2) is 5.82 Å². The Morgan fingerprint density at radius 3 is 2.74 bits per heavy atom. The van der Waals surface area contributed by atoms with Gasteiger partial charge in [-0.05, 0) is 70.3 Å². The molecule has 3 N–H and O–H groups in total. The Kier molecular flexibility index (Phi) is 6.87. The third kappa shape index (κ3) is 4.66. The van der Waals surface area contributed by atoms with Gasteiger partial charge in [-0.15, -0.1) is 0 Å². The third-order valence-electron chi connectivity index (χ3n) is 9.48. The molecule has 238 valence electrons. The van der Waals surface area contributed by atoms with E-state index in [0.717, 1.165) is 37.6 Å². The Hall–Kier alpha value is -4.36. The van der Waals surface area contributed by atoms with Gasteiger partial charge in [0.25, 0.3) is 0 Å². The molecule has 5 aromatic rings. The zero-order valence-electron chi connectivity index (χ0n) is 25.5. The Morgan fingerprint density at radius 2 is 2.00 bits per heavy atom. The van der Waals surface area contributed by atoms with Crippen LogP contribution < -0.4 is 20.1 Å². The second kappa shape index (κ2) is 10.9. The molecular weight excluding hydrogens is 616 g/mol. The number of nitrogens with zero attached hydrogens (tertiary/aromatic N) is 7. The summed E-state index contributed by atoms with van der Waals surface area (Å²) in [4.78, 5) is 22.4. The Labute approximate surface area is 268 Å². The molecule has 1 saturated heterocycles. The molecule has 1 aliphatic carbocycles. The summed E-state index contributed by atoms with van der Waals surface area (Å²) in [5, 5.41) is 8.68. The van der Waals surface area contributed by atoms with Crippen LogP contribution in [-0.4, -0.2) is 73.9 Å². The van der Waals surface area contributed by atoms with Crippen LogP contribution in [0.5, 0.6) is 11.9 Å². The van der Waals surface area contributed by atoms with Crippen LogP contribution in [0.15, 0.2) is 24.5 Å². The molecule has 0 unspecified atom stereocenters. The van der Waals surface area contributed by atoms with Gasteiger partial charge in [-0.3, -0.25) is 10.00 Å². The number of fused-ring (bicyclic) bond motifs is 1. The maximum Gasteiger partial charge on any atom is 0.319 e. The van der Waals surface area contributed by atoms with E-state index in [1.165, 1.54) is 6.07 Å². The highest BCUT2D eigenvalue weighted by molar-refractivity contribution is 6.33. The van der Waals surface area contributed by atoms with Gasteiger partial charge in [0.1, 0.15) is 47.3 Å². The van der Waals surface area contributed by atoms with Gasteiger partial charge in [-0.1, -0.05) is 11.6 Å². The molecule has 46 heavy (non-hydrogen) atoms. The van der Waals surface area contributed by atoms with Gasteiger partial charge in [-0.25, -0.2) is 18.7 Å². The Balaban J connectivity index is 1.37. The van der Waals surface area contributed by atoms with Crippen LogP contribution in [-0.2, 0) is 0 Å². The number of benzene rings is 1. The minimum absolute atomic E-state index is 0.00281. The molecule has 3 aliphatic rings. The van der Waals surface area contributed by atoms with Gasteiger partial charge in [-0.2, -0.15) is 15.1 Å². The largest absolute Gasteiger partial charge is 0.475 e. The maximum atomic E-state index is 17.2. The molecule has 3 atom stereocenters. The number of likely N-dealkylation sites (N-methyl/N-ethyl adjacent to an activating group) is 1. The van der Waals surface area contributed by atoms with E-state index in [0.29, 0.717) is 39.5 Å². The standard InChI is InChI=1S/C32H32ClF2N9O2/c1-14-12-45-31-25-28(26(35)27(39-31)24-20-11-38-42-22(20)9-21(33)23(24)16-4-5-16)40-32(46-13-18-6-7-43(18)3)41-30(25)44(14)15(2)19-8-17(34)10-37-29(19)36/h8-11,14-16,18H,4-7,12-13H2,1-3H3,(H2,36,37)(H,38,42)/t14-,15+,18-/m0/s1. The lowest BCUT2D eigenvalue weighted by Crippen LogP contribution is -2.48. The van der Waals surface area contributed by atoms with E-state index in [9.17, 15) is 4.39 Å². The number of aromatic amines is 1. The third-order valence-corrected chi connectivity index (χ3v) is 9.79. The zero-order valence-corrected chi connectivity index (χ0v) is 26.3. The van der Waals surface area contributed by atoms with Crippen LogP contribution in [0.25, 0.3) is 33.1 Å². The maximum absolute atomic E-state index is 17.2. The number of rotatable bonds is 7. The number of likely N-dealkylation sites (tertiary alicyclic amines) is 1. The highest BCUT2D eigenvalue weighted by Crippen LogP contribution is 2.51. The summed E-state index contributed by atoms with van der Waals surface area (Å²) in [7, 11) is 2.02. The first-order valence-electron chi connectivity index (χ1n) is 15.4. The lowest BCUT2D eigenvalue weighted by molar-refractivity contribution is 0.0732. The molecule has 4 aromatic heterocycles. The summed E-state index contributed by atoms with van der Waals surface area (Å²) in [6, 6.07) is 2.54. The molecule has 0 amide bonds. The number of anilines is 2. The van der Waals surface area contributed by atoms with Crippen LogP contribution >= 0.6 is 11.6 Å². The van der Waals surface area contributed by atoms with E-state index in [2.05, 4.69) is 25.1 Å². The lowest BCUT2D eigenvalue weighted by Gasteiger charge is -2.37. The van der Waals surface area contributed by atoms with Crippen molar-refractivity contribution in [3.63, 3.8) is 0 Å². The molecule has 0 spiro atoms. The molecule has 6 heterocycles. The number of halogens is 3. The first-order valence-corrected chi connectivity index (χ1v) is 15.8. The van der Waals surface area contributed by atoms with Crippen molar-refractivity contribution < 1.29 is 18.3 Å². The van der Waals surface area contributed by atoms with Crippen molar-refractivity contribution in [2.24, 2.45) is 0 Å². The molecule has 8 rings (SSSR count). The summed E-state index contributed by atoms with van der Waals surface area (Å²) >= 11 is 6.81. The number of nitrogens with one attached hydrogen (secondary N) is 1. The summed E-state index contributed by atoms with van der Waals surface area (Å²) < 4.78 is 44.0. The van der Waals surface area contributed by atoms with Crippen LogP contribution in [0.1, 0.15) is 56.2 Å². The normalized spacial score (nSPS) is 20.4. The predicted molar refractivity (Wildman–Crippen MR) is 170 cm³/mol. The molecule has 1 saturated carbocycles. The smallest absolute Gasteiger partial charge is 0.319 e. The highest BCUT2D eigenvalue weighted by atomic mass is 35.5. The molecule has 1 aromatic carbocycles. The van der Waals surface area contributed by atoms with E-state index in [1.54, 1.807) is 6.20 Å². The van der Waals surface area contributed by atoms with Crippen molar-refractivity contribution in [2.45, 2.75) is 57.2 Å². The van der Waals surface area contributed by atoms with Crippen molar-refractivity contribution in [3.8, 4) is 23.1 Å². The number of aromatic nitrogens is 6. The topological polar surface area (TPSA) is 131 Å². The lowest BCUT2D eigenvalue weighted by atomic mass is 9.95. The summed E-state index contributed by atoms with van der Waals surface area (Å²) in [6.45, 7) is 5.29. The average molecular weight is 648 g/mol. The Morgan fingerprint density at radius 1 is 1.17 bits per heavy atom. The van der Waals surface area contributed by atoms with Gasteiger partial charge in [0.05, 0.1) is 30.0 Å². The van der Waals surface area contributed by atoms with E-state index in [1.807, 2.05) is 31.9 Å². The monoisotopic (exact) mass is 647 g/mol. The van der Waals surface area contributed by atoms with Crippen LogP contribution in [0.4, 0.5) is 20.4 Å².